The number of para-hydroxylation sites is 1. The summed E-state index contributed by atoms with van der Waals surface area (Å²) in [5.41, 5.74) is 2.20. The van der Waals surface area contributed by atoms with Crippen molar-refractivity contribution in [1.29, 1.82) is 0 Å². The number of aromatic nitrogens is 3. The number of pyridine rings is 1. The predicted octanol–water partition coefficient (Wildman–Crippen LogP) is 3.63. The number of halogens is 1. The maximum atomic E-state index is 6.00. The molecule has 0 aliphatic heterocycles. The van der Waals surface area contributed by atoms with Crippen LogP contribution in [0.25, 0.3) is 5.82 Å². The average Bonchev–Trinajstić information content (AvgIpc) is 3.16. The molecule has 3 rings (SSSR count). The lowest BCUT2D eigenvalue weighted by atomic mass is 10.2. The fourth-order valence-corrected chi connectivity index (χ4v) is 2.88. The lowest BCUT2D eigenvalue weighted by Crippen LogP contribution is -2.41. The number of benzene rings is 1. The molecular formula is C22H29IN6O. The standard InChI is InChI=1S/C22H28N6O.HI/c1-16-7-5-6-8-20(16)29-17(2)13-26-22(23-4)27-15-19-9-10-21(25-14-19)28-12-11-24-18(28)3;/h5-12,14,17H,13,15H2,1-4H3,(H2,23,26,27);1H. The Morgan fingerprint density at radius 2 is 1.93 bits per heavy atom. The van der Waals surface area contributed by atoms with Gasteiger partial charge >= 0.3 is 0 Å². The van der Waals surface area contributed by atoms with E-state index >= 15 is 0 Å². The molecule has 2 N–H and O–H groups in total. The largest absolute Gasteiger partial charge is 0.489 e. The predicted molar refractivity (Wildman–Crippen MR) is 131 cm³/mol. The van der Waals surface area contributed by atoms with E-state index in [0.717, 1.165) is 34.5 Å². The Balaban J connectivity index is 0.00000320. The number of ether oxygens (including phenoxy) is 1. The summed E-state index contributed by atoms with van der Waals surface area (Å²) in [4.78, 5) is 13.0. The second-order valence-electron chi connectivity index (χ2n) is 6.87. The van der Waals surface area contributed by atoms with Crippen LogP contribution in [0.5, 0.6) is 5.75 Å². The van der Waals surface area contributed by atoms with E-state index in [0.29, 0.717) is 13.1 Å². The molecule has 0 aliphatic rings. The van der Waals surface area contributed by atoms with Crippen molar-refractivity contribution in [3.05, 3.63) is 71.9 Å². The number of aryl methyl sites for hydroxylation is 2. The molecule has 0 radical (unpaired) electrons. The highest BCUT2D eigenvalue weighted by Gasteiger charge is 2.08. The Morgan fingerprint density at radius 3 is 2.57 bits per heavy atom. The van der Waals surface area contributed by atoms with E-state index < -0.39 is 0 Å². The molecule has 7 nitrogen and oxygen atoms in total. The quantitative estimate of drug-likeness (QED) is 0.283. The SMILES string of the molecule is CN=C(NCc1ccc(-n2ccnc2C)nc1)NCC(C)Oc1ccccc1C.I. The van der Waals surface area contributed by atoms with Crippen LogP contribution in [0.15, 0.2) is 60.0 Å². The third-order valence-corrected chi connectivity index (χ3v) is 4.54. The molecule has 0 saturated carbocycles. The number of aliphatic imine (C=N–C) groups is 1. The van der Waals surface area contributed by atoms with Crippen LogP contribution in [-0.4, -0.2) is 40.2 Å². The summed E-state index contributed by atoms with van der Waals surface area (Å²) >= 11 is 0. The molecule has 0 saturated heterocycles. The van der Waals surface area contributed by atoms with Crippen molar-refractivity contribution >= 4 is 29.9 Å². The normalized spacial score (nSPS) is 12.1. The Kier molecular flexibility index (Phi) is 9.10. The van der Waals surface area contributed by atoms with E-state index in [9.17, 15) is 0 Å². The van der Waals surface area contributed by atoms with Crippen molar-refractivity contribution in [2.24, 2.45) is 4.99 Å². The molecule has 0 bridgehead atoms. The molecule has 0 fully saturated rings. The van der Waals surface area contributed by atoms with Gasteiger partial charge in [0.1, 0.15) is 23.5 Å². The lowest BCUT2D eigenvalue weighted by Gasteiger charge is -2.18. The van der Waals surface area contributed by atoms with Gasteiger partial charge < -0.3 is 15.4 Å². The van der Waals surface area contributed by atoms with Gasteiger partial charge in [0.15, 0.2) is 5.96 Å². The van der Waals surface area contributed by atoms with E-state index in [1.807, 2.05) is 74.1 Å². The molecule has 8 heteroatoms. The summed E-state index contributed by atoms with van der Waals surface area (Å²) in [5.74, 6) is 3.40. The molecule has 1 aromatic carbocycles. The van der Waals surface area contributed by atoms with Crippen molar-refractivity contribution in [3.63, 3.8) is 0 Å². The zero-order valence-corrected chi connectivity index (χ0v) is 20.1. The highest BCUT2D eigenvalue weighted by atomic mass is 127. The smallest absolute Gasteiger partial charge is 0.191 e. The van der Waals surface area contributed by atoms with Crippen molar-refractivity contribution < 1.29 is 4.74 Å². The second-order valence-corrected chi connectivity index (χ2v) is 6.87. The molecule has 2 heterocycles. The van der Waals surface area contributed by atoms with Gasteiger partial charge in [-0.1, -0.05) is 24.3 Å². The molecule has 1 atom stereocenters. The first-order valence-corrected chi connectivity index (χ1v) is 9.69. The number of guanidine groups is 1. The topological polar surface area (TPSA) is 76.4 Å². The summed E-state index contributed by atoms with van der Waals surface area (Å²) in [6.45, 7) is 7.31. The minimum absolute atomic E-state index is 0. The number of hydrogen-bond acceptors (Lipinski definition) is 4. The van der Waals surface area contributed by atoms with Gasteiger partial charge in [-0.15, -0.1) is 24.0 Å². The molecule has 0 spiro atoms. The minimum atomic E-state index is 0. The van der Waals surface area contributed by atoms with Gasteiger partial charge in [-0.05, 0) is 44.0 Å². The van der Waals surface area contributed by atoms with Crippen molar-refractivity contribution in [1.82, 2.24) is 25.2 Å². The van der Waals surface area contributed by atoms with Gasteiger partial charge in [0.25, 0.3) is 0 Å². The summed E-state index contributed by atoms with van der Waals surface area (Å²) in [7, 11) is 1.76. The summed E-state index contributed by atoms with van der Waals surface area (Å²) < 4.78 is 7.95. The maximum Gasteiger partial charge on any atom is 0.191 e. The van der Waals surface area contributed by atoms with E-state index in [1.165, 1.54) is 0 Å². The highest BCUT2D eigenvalue weighted by molar-refractivity contribution is 14.0. The first-order chi connectivity index (χ1) is 14.1. The van der Waals surface area contributed by atoms with Crippen LogP contribution in [0.1, 0.15) is 23.9 Å². The van der Waals surface area contributed by atoms with Gasteiger partial charge in [-0.3, -0.25) is 9.56 Å². The third-order valence-electron chi connectivity index (χ3n) is 4.54. The van der Waals surface area contributed by atoms with Gasteiger partial charge in [0.05, 0.1) is 6.54 Å². The van der Waals surface area contributed by atoms with Crippen LogP contribution in [0, 0.1) is 13.8 Å². The Labute approximate surface area is 195 Å². The van der Waals surface area contributed by atoms with Gasteiger partial charge in [0, 0.05) is 32.2 Å². The molecule has 3 aromatic rings. The number of nitrogens with one attached hydrogen (secondary N) is 2. The zero-order chi connectivity index (χ0) is 20.6. The van der Waals surface area contributed by atoms with Crippen LogP contribution in [0.4, 0.5) is 0 Å². The Morgan fingerprint density at radius 1 is 1.13 bits per heavy atom. The molecule has 1 unspecified atom stereocenters. The molecule has 160 valence electrons. The van der Waals surface area contributed by atoms with Gasteiger partial charge in [-0.2, -0.15) is 0 Å². The number of rotatable bonds is 7. The lowest BCUT2D eigenvalue weighted by molar-refractivity contribution is 0.222. The van der Waals surface area contributed by atoms with E-state index in [4.69, 9.17) is 4.74 Å². The Bertz CT molecular complexity index is 954. The Hall–Kier alpha value is -2.62. The molecular weight excluding hydrogens is 491 g/mol. The summed E-state index contributed by atoms with van der Waals surface area (Å²) in [6.07, 6.45) is 5.54. The second kappa shape index (κ2) is 11.5. The number of imidazole rings is 1. The van der Waals surface area contributed by atoms with Crippen LogP contribution in [0.2, 0.25) is 0 Å². The van der Waals surface area contributed by atoms with E-state index in [1.54, 1.807) is 13.2 Å². The summed E-state index contributed by atoms with van der Waals surface area (Å²) in [6, 6.07) is 12.1. The first kappa shape index (κ1) is 23.7. The van der Waals surface area contributed by atoms with Gasteiger partial charge in [-0.25, -0.2) is 9.97 Å². The van der Waals surface area contributed by atoms with E-state index in [-0.39, 0.29) is 30.1 Å². The monoisotopic (exact) mass is 520 g/mol. The number of nitrogens with zero attached hydrogens (tertiary/aromatic N) is 4. The molecule has 0 aliphatic carbocycles. The van der Waals surface area contributed by atoms with Crippen LogP contribution in [0.3, 0.4) is 0 Å². The molecule has 2 aromatic heterocycles. The molecule has 30 heavy (non-hydrogen) atoms. The van der Waals surface area contributed by atoms with Crippen molar-refractivity contribution in [2.75, 3.05) is 13.6 Å². The third kappa shape index (κ3) is 6.45. The fraction of sp³-hybridized carbons (Fsp3) is 0.318. The van der Waals surface area contributed by atoms with Crippen molar-refractivity contribution in [2.45, 2.75) is 33.4 Å². The van der Waals surface area contributed by atoms with Crippen LogP contribution >= 0.6 is 24.0 Å². The van der Waals surface area contributed by atoms with Gasteiger partial charge in [0.2, 0.25) is 0 Å². The van der Waals surface area contributed by atoms with Crippen molar-refractivity contribution in [3.8, 4) is 11.6 Å². The highest BCUT2D eigenvalue weighted by Crippen LogP contribution is 2.17. The van der Waals surface area contributed by atoms with E-state index in [2.05, 4.69) is 25.6 Å². The minimum Gasteiger partial charge on any atom is -0.489 e. The average molecular weight is 520 g/mol. The molecule has 0 amide bonds. The first-order valence-electron chi connectivity index (χ1n) is 9.69. The zero-order valence-electron chi connectivity index (χ0n) is 17.8. The fourth-order valence-electron chi connectivity index (χ4n) is 2.88. The van der Waals surface area contributed by atoms with Crippen LogP contribution < -0.4 is 15.4 Å². The van der Waals surface area contributed by atoms with Crippen LogP contribution in [-0.2, 0) is 6.54 Å². The maximum absolute atomic E-state index is 6.00. The number of hydrogen-bond donors (Lipinski definition) is 2. The summed E-state index contributed by atoms with van der Waals surface area (Å²) in [5, 5.41) is 6.61.